The highest BCUT2D eigenvalue weighted by molar-refractivity contribution is 6.11. The van der Waals surface area contributed by atoms with Crippen LogP contribution in [-0.4, -0.2) is 23.0 Å². The van der Waals surface area contributed by atoms with Crippen molar-refractivity contribution >= 4 is 17.6 Å². The summed E-state index contributed by atoms with van der Waals surface area (Å²) in [5.41, 5.74) is 2.97. The summed E-state index contributed by atoms with van der Waals surface area (Å²) in [6, 6.07) is 13.7. The molecule has 0 aromatic heterocycles. The Morgan fingerprint density at radius 2 is 1.76 bits per heavy atom. The fraction of sp³-hybridized carbons (Fsp3) is 0.176. The number of aryl methyl sites for hydroxylation is 1. The number of rotatable bonds is 2. The Morgan fingerprint density at radius 3 is 2.48 bits per heavy atom. The lowest BCUT2D eigenvalue weighted by Gasteiger charge is -2.23. The van der Waals surface area contributed by atoms with Crippen LogP contribution >= 0.6 is 0 Å². The van der Waals surface area contributed by atoms with E-state index in [9.17, 15) is 14.7 Å². The van der Waals surface area contributed by atoms with Gasteiger partial charge < -0.3 is 5.11 Å². The first-order chi connectivity index (χ1) is 10.1. The lowest BCUT2D eigenvalue weighted by molar-refractivity contribution is -0.138. The highest BCUT2D eigenvalue weighted by Crippen LogP contribution is 2.33. The van der Waals surface area contributed by atoms with E-state index in [1.54, 1.807) is 18.2 Å². The van der Waals surface area contributed by atoms with E-state index in [1.807, 2.05) is 37.3 Å². The maximum absolute atomic E-state index is 12.8. The van der Waals surface area contributed by atoms with E-state index in [2.05, 4.69) is 0 Å². The van der Waals surface area contributed by atoms with Crippen molar-refractivity contribution in [2.45, 2.75) is 19.4 Å². The van der Waals surface area contributed by atoms with Crippen molar-refractivity contribution in [3.05, 3.63) is 65.2 Å². The Morgan fingerprint density at radius 1 is 1.10 bits per heavy atom. The molecule has 1 aliphatic heterocycles. The maximum atomic E-state index is 12.8. The molecule has 3 rings (SSSR count). The normalized spacial score (nSPS) is 16.6. The van der Waals surface area contributed by atoms with Gasteiger partial charge in [-0.3, -0.25) is 9.69 Å². The number of fused-ring (bicyclic) bond motifs is 1. The van der Waals surface area contributed by atoms with Crippen molar-refractivity contribution in [3.63, 3.8) is 0 Å². The molecule has 1 aliphatic rings. The molecule has 21 heavy (non-hydrogen) atoms. The van der Waals surface area contributed by atoms with Crippen molar-refractivity contribution in [1.29, 1.82) is 0 Å². The molecule has 0 fully saturated rings. The SMILES string of the molecule is Cc1ccccc1C(=O)N1c2ccccc2C[C@H]1C(=O)O. The molecule has 4 nitrogen and oxygen atoms in total. The molecular weight excluding hydrogens is 266 g/mol. The van der Waals surface area contributed by atoms with Crippen LogP contribution in [0, 0.1) is 6.92 Å². The van der Waals surface area contributed by atoms with Gasteiger partial charge in [0.05, 0.1) is 0 Å². The number of hydrogen-bond acceptors (Lipinski definition) is 2. The predicted molar refractivity (Wildman–Crippen MR) is 79.6 cm³/mol. The zero-order valence-corrected chi connectivity index (χ0v) is 11.6. The third kappa shape index (κ3) is 2.18. The second kappa shape index (κ2) is 5.05. The first-order valence-electron chi connectivity index (χ1n) is 6.79. The summed E-state index contributed by atoms with van der Waals surface area (Å²) < 4.78 is 0. The summed E-state index contributed by atoms with van der Waals surface area (Å²) in [5, 5.41) is 9.43. The van der Waals surface area contributed by atoms with Crippen molar-refractivity contribution in [3.8, 4) is 0 Å². The number of anilines is 1. The zero-order chi connectivity index (χ0) is 15.0. The minimum atomic E-state index is -0.979. The van der Waals surface area contributed by atoms with Crippen LogP contribution in [0.3, 0.4) is 0 Å². The Hall–Kier alpha value is -2.62. The van der Waals surface area contributed by atoms with Crippen molar-refractivity contribution in [2.75, 3.05) is 4.90 Å². The van der Waals surface area contributed by atoms with Crippen LogP contribution in [0.1, 0.15) is 21.5 Å². The van der Waals surface area contributed by atoms with Crippen LogP contribution in [0.5, 0.6) is 0 Å². The highest BCUT2D eigenvalue weighted by atomic mass is 16.4. The molecule has 2 aromatic rings. The van der Waals surface area contributed by atoms with Gasteiger partial charge in [-0.05, 0) is 30.2 Å². The largest absolute Gasteiger partial charge is 0.480 e. The van der Waals surface area contributed by atoms with Crippen molar-refractivity contribution < 1.29 is 14.7 Å². The maximum Gasteiger partial charge on any atom is 0.327 e. The summed E-state index contributed by atoms with van der Waals surface area (Å²) >= 11 is 0. The average molecular weight is 281 g/mol. The lowest BCUT2D eigenvalue weighted by atomic mass is 10.1. The van der Waals surface area contributed by atoms with E-state index >= 15 is 0 Å². The quantitative estimate of drug-likeness (QED) is 0.920. The number of carbonyl (C=O) groups excluding carboxylic acids is 1. The third-order valence-electron chi connectivity index (χ3n) is 3.86. The first-order valence-corrected chi connectivity index (χ1v) is 6.79. The number of nitrogens with zero attached hydrogens (tertiary/aromatic N) is 1. The van der Waals surface area contributed by atoms with Crippen molar-refractivity contribution in [1.82, 2.24) is 0 Å². The topological polar surface area (TPSA) is 57.6 Å². The Bertz CT molecular complexity index is 723. The fourth-order valence-corrected chi connectivity index (χ4v) is 2.78. The summed E-state index contributed by atoms with van der Waals surface area (Å²) in [7, 11) is 0. The van der Waals surface area contributed by atoms with E-state index in [0.717, 1.165) is 11.1 Å². The molecule has 1 N–H and O–H groups in total. The number of carboxylic acid groups (broad SMARTS) is 1. The molecule has 0 saturated heterocycles. The van der Waals surface area contributed by atoms with Gasteiger partial charge >= 0.3 is 5.97 Å². The molecular formula is C17H15NO3. The molecule has 4 heteroatoms. The van der Waals surface area contributed by atoms with Crippen LogP contribution in [0.25, 0.3) is 0 Å². The van der Waals surface area contributed by atoms with Gasteiger partial charge in [-0.1, -0.05) is 36.4 Å². The van der Waals surface area contributed by atoms with Crippen LogP contribution < -0.4 is 4.90 Å². The number of aliphatic carboxylic acids is 1. The molecule has 0 spiro atoms. The average Bonchev–Trinajstić information content (AvgIpc) is 2.86. The Labute approximate surface area is 122 Å². The Kier molecular flexibility index (Phi) is 3.22. The number of para-hydroxylation sites is 1. The molecule has 1 atom stereocenters. The minimum Gasteiger partial charge on any atom is -0.480 e. The summed E-state index contributed by atoms with van der Waals surface area (Å²) in [6.07, 6.45) is 0.350. The molecule has 1 amide bonds. The van der Waals surface area contributed by atoms with Crippen LogP contribution in [0.15, 0.2) is 48.5 Å². The summed E-state index contributed by atoms with van der Waals surface area (Å²) in [5.74, 6) is -1.24. The minimum absolute atomic E-state index is 0.259. The van der Waals surface area contributed by atoms with Gasteiger partial charge in [-0.25, -0.2) is 4.79 Å². The van der Waals surface area contributed by atoms with Gasteiger partial charge in [0.1, 0.15) is 6.04 Å². The van der Waals surface area contributed by atoms with Crippen LogP contribution in [0.2, 0.25) is 0 Å². The summed E-state index contributed by atoms with van der Waals surface area (Å²) in [4.78, 5) is 25.7. The first kappa shape index (κ1) is 13.4. The standard InChI is InChI=1S/C17H15NO3/c1-11-6-2-4-8-13(11)16(19)18-14-9-5-3-7-12(14)10-15(18)17(20)21/h2-9,15H,10H2,1H3,(H,20,21)/t15-/m0/s1. The second-order valence-corrected chi connectivity index (χ2v) is 5.18. The van der Waals surface area contributed by atoms with E-state index < -0.39 is 12.0 Å². The number of carboxylic acids is 1. The molecule has 0 aliphatic carbocycles. The van der Waals surface area contributed by atoms with E-state index in [-0.39, 0.29) is 5.91 Å². The van der Waals surface area contributed by atoms with Gasteiger partial charge in [0.15, 0.2) is 0 Å². The molecule has 0 bridgehead atoms. The molecule has 2 aromatic carbocycles. The highest BCUT2D eigenvalue weighted by Gasteiger charge is 2.38. The van der Waals surface area contributed by atoms with E-state index in [0.29, 0.717) is 17.7 Å². The molecule has 0 unspecified atom stereocenters. The van der Waals surface area contributed by atoms with E-state index in [1.165, 1.54) is 4.90 Å². The molecule has 1 heterocycles. The van der Waals surface area contributed by atoms with Crippen LogP contribution in [0.4, 0.5) is 5.69 Å². The number of amides is 1. The number of carbonyl (C=O) groups is 2. The van der Waals surface area contributed by atoms with Gasteiger partial charge in [0, 0.05) is 17.7 Å². The molecule has 0 radical (unpaired) electrons. The smallest absolute Gasteiger partial charge is 0.327 e. The van der Waals surface area contributed by atoms with E-state index in [4.69, 9.17) is 0 Å². The lowest BCUT2D eigenvalue weighted by Crippen LogP contribution is -2.43. The second-order valence-electron chi connectivity index (χ2n) is 5.18. The van der Waals surface area contributed by atoms with Gasteiger partial charge in [0.25, 0.3) is 5.91 Å². The fourth-order valence-electron chi connectivity index (χ4n) is 2.78. The van der Waals surface area contributed by atoms with Gasteiger partial charge in [-0.2, -0.15) is 0 Å². The zero-order valence-electron chi connectivity index (χ0n) is 11.6. The van der Waals surface area contributed by atoms with Crippen molar-refractivity contribution in [2.24, 2.45) is 0 Å². The van der Waals surface area contributed by atoms with Crippen LogP contribution in [-0.2, 0) is 11.2 Å². The molecule has 106 valence electrons. The number of hydrogen-bond donors (Lipinski definition) is 1. The summed E-state index contributed by atoms with van der Waals surface area (Å²) in [6.45, 7) is 1.85. The van der Waals surface area contributed by atoms with Gasteiger partial charge in [-0.15, -0.1) is 0 Å². The molecule has 0 saturated carbocycles. The van der Waals surface area contributed by atoms with Gasteiger partial charge in [0.2, 0.25) is 0 Å². The number of benzene rings is 2. The third-order valence-corrected chi connectivity index (χ3v) is 3.86. The predicted octanol–water partition coefficient (Wildman–Crippen LogP) is 2.65. The monoisotopic (exact) mass is 281 g/mol. The Balaban J connectivity index is 2.08.